The van der Waals surface area contributed by atoms with Crippen LogP contribution in [-0.2, 0) is 4.79 Å². The van der Waals surface area contributed by atoms with Crippen LogP contribution in [0.4, 0.5) is 11.4 Å². The van der Waals surface area contributed by atoms with Crippen molar-refractivity contribution < 1.29 is 9.72 Å². The van der Waals surface area contributed by atoms with Crippen LogP contribution in [0.5, 0.6) is 0 Å². The molecular formula is C16H15ClN2O3S. The summed E-state index contributed by atoms with van der Waals surface area (Å²) in [6, 6.07) is 15.2. The molecule has 0 saturated heterocycles. The molecule has 0 heterocycles. The van der Waals surface area contributed by atoms with Crippen molar-refractivity contribution in [2.24, 2.45) is 0 Å². The number of alkyl halides is 1. The topological polar surface area (TPSA) is 72.2 Å². The van der Waals surface area contributed by atoms with Gasteiger partial charge in [0.05, 0.1) is 10.3 Å². The van der Waals surface area contributed by atoms with E-state index in [0.29, 0.717) is 5.69 Å². The van der Waals surface area contributed by atoms with Crippen LogP contribution in [0.25, 0.3) is 0 Å². The fourth-order valence-corrected chi connectivity index (χ4v) is 3.11. The molecule has 0 aliphatic heterocycles. The van der Waals surface area contributed by atoms with Crippen LogP contribution < -0.4 is 5.32 Å². The smallest absolute Gasteiger partial charge is 0.269 e. The van der Waals surface area contributed by atoms with Crippen molar-refractivity contribution in [2.75, 3.05) is 5.32 Å². The first-order chi connectivity index (χ1) is 11.0. The molecule has 0 aliphatic carbocycles. The number of hydrogen-bond donors (Lipinski definition) is 1. The third kappa shape index (κ3) is 4.97. The van der Waals surface area contributed by atoms with Crippen molar-refractivity contribution in [1.29, 1.82) is 0 Å². The number of rotatable bonds is 6. The van der Waals surface area contributed by atoms with Gasteiger partial charge in [-0.15, -0.1) is 23.4 Å². The van der Waals surface area contributed by atoms with Crippen LogP contribution in [-0.4, -0.2) is 21.5 Å². The molecule has 2 aromatic carbocycles. The molecule has 1 N–H and O–H groups in total. The highest BCUT2D eigenvalue weighted by Gasteiger charge is 2.25. The number of nitro benzene ring substituents is 1. The Hall–Kier alpha value is -2.05. The Morgan fingerprint density at radius 3 is 2.30 bits per heavy atom. The lowest BCUT2D eigenvalue weighted by atomic mass is 10.2. The quantitative estimate of drug-likeness (QED) is 0.364. The number of nitro groups is 1. The molecule has 23 heavy (non-hydrogen) atoms. The summed E-state index contributed by atoms with van der Waals surface area (Å²) in [5, 5.41) is 12.5. The molecule has 0 radical (unpaired) electrons. The van der Waals surface area contributed by atoms with E-state index < -0.39 is 10.2 Å². The summed E-state index contributed by atoms with van der Waals surface area (Å²) in [4.78, 5) is 23.5. The molecule has 0 aromatic heterocycles. The van der Waals surface area contributed by atoms with Gasteiger partial charge in [-0.2, -0.15) is 0 Å². The summed E-state index contributed by atoms with van der Waals surface area (Å²) >= 11 is 7.53. The molecule has 1 amide bonds. The first kappa shape index (κ1) is 17.3. The molecule has 2 unspecified atom stereocenters. The van der Waals surface area contributed by atoms with E-state index in [1.54, 1.807) is 6.92 Å². The molecule has 0 fully saturated rings. The molecular weight excluding hydrogens is 336 g/mol. The summed E-state index contributed by atoms with van der Waals surface area (Å²) in [7, 11) is 0. The Morgan fingerprint density at radius 1 is 1.17 bits per heavy atom. The summed E-state index contributed by atoms with van der Waals surface area (Å²) in [5.41, 5.74) is 0.473. The Balaban J connectivity index is 2.07. The highest BCUT2D eigenvalue weighted by atomic mass is 35.5. The molecule has 0 saturated carbocycles. The van der Waals surface area contributed by atoms with Gasteiger partial charge in [-0.05, 0) is 31.2 Å². The number of carbonyl (C=O) groups is 1. The maximum atomic E-state index is 12.4. The van der Waals surface area contributed by atoms with E-state index in [1.165, 1.54) is 36.0 Å². The molecule has 2 atom stereocenters. The lowest BCUT2D eigenvalue weighted by Gasteiger charge is -2.18. The molecule has 0 spiro atoms. The van der Waals surface area contributed by atoms with E-state index >= 15 is 0 Å². The summed E-state index contributed by atoms with van der Waals surface area (Å²) in [5.74, 6) is -0.241. The molecule has 2 rings (SSSR count). The minimum absolute atomic E-state index is 0.0241. The first-order valence-electron chi connectivity index (χ1n) is 6.88. The van der Waals surface area contributed by atoms with Crippen LogP contribution in [0.3, 0.4) is 0 Å². The van der Waals surface area contributed by atoms with Gasteiger partial charge in [0.25, 0.3) is 5.69 Å². The molecule has 7 heteroatoms. The van der Waals surface area contributed by atoms with Crippen LogP contribution in [0, 0.1) is 10.1 Å². The van der Waals surface area contributed by atoms with Crippen LogP contribution in [0.1, 0.15) is 6.92 Å². The van der Waals surface area contributed by atoms with Gasteiger partial charge in [-0.1, -0.05) is 18.2 Å². The second kappa shape index (κ2) is 7.99. The molecule has 2 aromatic rings. The number of anilines is 1. The van der Waals surface area contributed by atoms with E-state index in [1.807, 2.05) is 30.3 Å². The van der Waals surface area contributed by atoms with Gasteiger partial charge in [0.1, 0.15) is 5.25 Å². The number of amides is 1. The average Bonchev–Trinajstić information content (AvgIpc) is 2.53. The Labute approximate surface area is 143 Å². The minimum Gasteiger partial charge on any atom is -0.325 e. The van der Waals surface area contributed by atoms with Gasteiger partial charge in [-0.25, -0.2) is 0 Å². The predicted octanol–water partition coefficient (Wildman–Crippen LogP) is 4.32. The zero-order valence-electron chi connectivity index (χ0n) is 12.3. The van der Waals surface area contributed by atoms with E-state index in [9.17, 15) is 14.9 Å². The highest BCUT2D eigenvalue weighted by molar-refractivity contribution is 8.00. The SMILES string of the molecule is CC(Cl)C(Sc1ccccc1)C(=O)Nc1ccc([N+](=O)[O-])cc1. The third-order valence-corrected chi connectivity index (χ3v) is 4.85. The van der Waals surface area contributed by atoms with Gasteiger partial charge in [-0.3, -0.25) is 14.9 Å². The number of thioether (sulfide) groups is 1. The number of halogens is 1. The maximum Gasteiger partial charge on any atom is 0.269 e. The zero-order valence-corrected chi connectivity index (χ0v) is 13.9. The van der Waals surface area contributed by atoms with Crippen LogP contribution >= 0.6 is 23.4 Å². The third-order valence-electron chi connectivity index (χ3n) is 3.03. The molecule has 0 bridgehead atoms. The van der Waals surface area contributed by atoms with Crippen LogP contribution in [0.2, 0.25) is 0 Å². The van der Waals surface area contributed by atoms with Crippen LogP contribution in [0.15, 0.2) is 59.5 Å². The van der Waals surface area contributed by atoms with E-state index in [-0.39, 0.29) is 17.0 Å². The van der Waals surface area contributed by atoms with Gasteiger partial charge in [0, 0.05) is 22.7 Å². The van der Waals surface area contributed by atoms with Crippen molar-refractivity contribution in [2.45, 2.75) is 22.4 Å². The standard InChI is InChI=1S/C16H15ClN2O3S/c1-11(17)15(23-14-5-3-2-4-6-14)16(20)18-12-7-9-13(10-8-12)19(21)22/h2-11,15H,1H3,(H,18,20). The Morgan fingerprint density at radius 2 is 1.78 bits per heavy atom. The minimum atomic E-state index is -0.486. The number of non-ortho nitro benzene ring substituents is 1. The lowest BCUT2D eigenvalue weighted by molar-refractivity contribution is -0.384. The molecule has 0 aliphatic rings. The highest BCUT2D eigenvalue weighted by Crippen LogP contribution is 2.28. The number of nitrogens with zero attached hydrogens (tertiary/aromatic N) is 1. The summed E-state index contributed by atoms with van der Waals surface area (Å²) < 4.78 is 0. The van der Waals surface area contributed by atoms with Crippen molar-refractivity contribution in [3.8, 4) is 0 Å². The van der Waals surface area contributed by atoms with E-state index in [4.69, 9.17) is 11.6 Å². The van der Waals surface area contributed by atoms with E-state index in [2.05, 4.69) is 5.32 Å². The number of hydrogen-bond acceptors (Lipinski definition) is 4. The Bertz CT molecular complexity index is 677. The number of benzene rings is 2. The lowest BCUT2D eigenvalue weighted by Crippen LogP contribution is -2.31. The summed E-state index contributed by atoms with van der Waals surface area (Å²) in [6.07, 6.45) is 0. The van der Waals surface area contributed by atoms with Crippen molar-refractivity contribution >= 4 is 40.6 Å². The van der Waals surface area contributed by atoms with Gasteiger partial charge in [0.15, 0.2) is 0 Å². The molecule has 5 nitrogen and oxygen atoms in total. The normalized spacial score (nSPS) is 13.1. The van der Waals surface area contributed by atoms with Crippen molar-refractivity contribution in [1.82, 2.24) is 0 Å². The number of carbonyl (C=O) groups excluding carboxylic acids is 1. The largest absolute Gasteiger partial charge is 0.325 e. The average molecular weight is 351 g/mol. The predicted molar refractivity (Wildman–Crippen MR) is 93.1 cm³/mol. The van der Waals surface area contributed by atoms with Gasteiger partial charge < -0.3 is 5.32 Å². The monoisotopic (exact) mass is 350 g/mol. The second-order valence-corrected chi connectivity index (χ2v) is 6.73. The zero-order chi connectivity index (χ0) is 16.8. The summed E-state index contributed by atoms with van der Waals surface area (Å²) in [6.45, 7) is 1.76. The number of nitrogens with one attached hydrogen (secondary N) is 1. The van der Waals surface area contributed by atoms with Crippen molar-refractivity contribution in [3.05, 3.63) is 64.7 Å². The Kier molecular flexibility index (Phi) is 6.01. The van der Waals surface area contributed by atoms with Crippen molar-refractivity contribution in [3.63, 3.8) is 0 Å². The van der Waals surface area contributed by atoms with E-state index in [0.717, 1.165) is 4.90 Å². The van der Waals surface area contributed by atoms with Gasteiger partial charge >= 0.3 is 0 Å². The molecule has 120 valence electrons. The second-order valence-electron chi connectivity index (χ2n) is 4.82. The fourth-order valence-electron chi connectivity index (χ4n) is 1.88. The fraction of sp³-hybridized carbons (Fsp3) is 0.188. The first-order valence-corrected chi connectivity index (χ1v) is 8.20. The van der Waals surface area contributed by atoms with Gasteiger partial charge in [0.2, 0.25) is 5.91 Å². The maximum absolute atomic E-state index is 12.4.